The molecule has 3 rings (SSSR count). The molecule has 1 aliphatic heterocycles. The smallest absolute Gasteiger partial charge is 0.270 e. The zero-order valence-corrected chi connectivity index (χ0v) is 14.1. The molecule has 1 aromatic heterocycles. The SMILES string of the molecule is N#Cc1cccc(Nc2ccnc(C(=O)NC3CCS(=O)(=O)C3)c2)c1. The molecular weight excluding hydrogens is 340 g/mol. The molecule has 1 aliphatic rings. The fourth-order valence-corrected chi connectivity index (χ4v) is 4.31. The molecule has 1 atom stereocenters. The van der Waals surface area contributed by atoms with E-state index in [1.807, 2.05) is 6.07 Å². The van der Waals surface area contributed by atoms with Gasteiger partial charge in [0.15, 0.2) is 9.84 Å². The number of nitriles is 1. The van der Waals surface area contributed by atoms with Gasteiger partial charge in [-0.2, -0.15) is 5.26 Å². The second-order valence-corrected chi connectivity index (χ2v) is 8.05. The third-order valence-corrected chi connectivity index (χ3v) is 5.61. The largest absolute Gasteiger partial charge is 0.355 e. The zero-order chi connectivity index (χ0) is 17.9. The van der Waals surface area contributed by atoms with E-state index in [9.17, 15) is 13.2 Å². The van der Waals surface area contributed by atoms with Crippen LogP contribution in [0.3, 0.4) is 0 Å². The van der Waals surface area contributed by atoms with Gasteiger partial charge in [0.25, 0.3) is 5.91 Å². The quantitative estimate of drug-likeness (QED) is 0.861. The minimum atomic E-state index is -3.05. The number of rotatable bonds is 4. The van der Waals surface area contributed by atoms with Gasteiger partial charge in [-0.1, -0.05) is 6.07 Å². The minimum Gasteiger partial charge on any atom is -0.355 e. The molecule has 0 aliphatic carbocycles. The van der Waals surface area contributed by atoms with Crippen LogP contribution in [0.5, 0.6) is 0 Å². The molecule has 0 saturated carbocycles. The van der Waals surface area contributed by atoms with E-state index in [2.05, 4.69) is 21.7 Å². The van der Waals surface area contributed by atoms with Crippen molar-refractivity contribution in [3.63, 3.8) is 0 Å². The fraction of sp³-hybridized carbons (Fsp3) is 0.235. The maximum absolute atomic E-state index is 12.3. The lowest BCUT2D eigenvalue weighted by atomic mass is 10.2. The van der Waals surface area contributed by atoms with Gasteiger partial charge in [0.2, 0.25) is 0 Å². The van der Waals surface area contributed by atoms with Crippen LogP contribution in [-0.2, 0) is 9.84 Å². The van der Waals surface area contributed by atoms with Gasteiger partial charge >= 0.3 is 0 Å². The first-order valence-electron chi connectivity index (χ1n) is 7.70. The Kier molecular flexibility index (Phi) is 4.67. The molecule has 0 radical (unpaired) electrons. The van der Waals surface area contributed by atoms with Gasteiger partial charge in [0.1, 0.15) is 5.69 Å². The van der Waals surface area contributed by atoms with Gasteiger partial charge in [0.05, 0.1) is 23.1 Å². The van der Waals surface area contributed by atoms with Crippen molar-refractivity contribution in [1.29, 1.82) is 5.26 Å². The molecule has 2 N–H and O–H groups in total. The number of pyridine rings is 1. The molecule has 1 amide bonds. The Morgan fingerprint density at radius 1 is 1.24 bits per heavy atom. The third-order valence-electron chi connectivity index (χ3n) is 3.84. The van der Waals surface area contributed by atoms with Gasteiger partial charge in [-0.25, -0.2) is 8.42 Å². The van der Waals surface area contributed by atoms with E-state index in [1.54, 1.807) is 30.3 Å². The Labute approximate surface area is 145 Å². The van der Waals surface area contributed by atoms with Crippen molar-refractivity contribution in [3.8, 4) is 6.07 Å². The number of benzene rings is 1. The Morgan fingerprint density at radius 2 is 2.04 bits per heavy atom. The Morgan fingerprint density at radius 3 is 2.76 bits per heavy atom. The monoisotopic (exact) mass is 356 g/mol. The molecule has 128 valence electrons. The first kappa shape index (κ1) is 16.9. The van der Waals surface area contributed by atoms with E-state index in [4.69, 9.17) is 5.26 Å². The van der Waals surface area contributed by atoms with Crippen molar-refractivity contribution in [2.45, 2.75) is 12.5 Å². The predicted molar refractivity (Wildman–Crippen MR) is 93.2 cm³/mol. The van der Waals surface area contributed by atoms with Crippen LogP contribution in [0.1, 0.15) is 22.5 Å². The van der Waals surface area contributed by atoms with E-state index >= 15 is 0 Å². The highest BCUT2D eigenvalue weighted by molar-refractivity contribution is 7.91. The number of amides is 1. The first-order chi connectivity index (χ1) is 11.9. The standard InChI is InChI=1S/C17H16N4O3S/c18-10-12-2-1-3-13(8-12)20-14-4-6-19-16(9-14)17(22)21-15-5-7-25(23,24)11-15/h1-4,6,8-9,15H,5,7,11H2,(H,19,20)(H,21,22). The average Bonchev–Trinajstić information content (AvgIpc) is 2.94. The van der Waals surface area contributed by atoms with E-state index in [0.29, 0.717) is 17.7 Å². The number of nitrogens with zero attached hydrogens (tertiary/aromatic N) is 2. The Bertz CT molecular complexity index is 950. The fourth-order valence-electron chi connectivity index (χ4n) is 2.63. The molecule has 2 heterocycles. The van der Waals surface area contributed by atoms with E-state index in [-0.39, 0.29) is 23.2 Å². The number of carbonyl (C=O) groups is 1. The number of hydrogen-bond acceptors (Lipinski definition) is 6. The lowest BCUT2D eigenvalue weighted by Crippen LogP contribution is -2.36. The van der Waals surface area contributed by atoms with Gasteiger partial charge in [-0.15, -0.1) is 0 Å². The predicted octanol–water partition coefficient (Wildman–Crippen LogP) is 1.61. The molecule has 2 aromatic rings. The topological polar surface area (TPSA) is 112 Å². The lowest BCUT2D eigenvalue weighted by molar-refractivity contribution is 0.0936. The molecule has 8 heteroatoms. The molecule has 1 saturated heterocycles. The number of nitrogens with one attached hydrogen (secondary N) is 2. The zero-order valence-electron chi connectivity index (χ0n) is 13.3. The molecule has 25 heavy (non-hydrogen) atoms. The van der Waals surface area contributed by atoms with E-state index < -0.39 is 15.7 Å². The maximum Gasteiger partial charge on any atom is 0.270 e. The maximum atomic E-state index is 12.3. The van der Waals surface area contributed by atoms with Crippen LogP contribution in [0.4, 0.5) is 11.4 Å². The van der Waals surface area contributed by atoms with Gasteiger partial charge < -0.3 is 10.6 Å². The van der Waals surface area contributed by atoms with Crippen molar-refractivity contribution in [3.05, 3.63) is 53.9 Å². The van der Waals surface area contributed by atoms with Crippen LogP contribution in [-0.4, -0.2) is 36.9 Å². The summed E-state index contributed by atoms with van der Waals surface area (Å²) < 4.78 is 22.9. The van der Waals surface area contributed by atoms with Crippen LogP contribution < -0.4 is 10.6 Å². The summed E-state index contributed by atoms with van der Waals surface area (Å²) in [6, 6.07) is 11.9. The summed E-state index contributed by atoms with van der Waals surface area (Å²) >= 11 is 0. The minimum absolute atomic E-state index is 0.0301. The highest BCUT2D eigenvalue weighted by atomic mass is 32.2. The third kappa shape index (κ3) is 4.33. The lowest BCUT2D eigenvalue weighted by Gasteiger charge is -2.11. The summed E-state index contributed by atoms with van der Waals surface area (Å²) in [6.07, 6.45) is 1.92. The first-order valence-corrected chi connectivity index (χ1v) is 9.52. The number of sulfone groups is 1. The number of hydrogen-bond donors (Lipinski definition) is 2. The molecule has 1 fully saturated rings. The van der Waals surface area contributed by atoms with Gasteiger partial charge in [0, 0.05) is 23.6 Å². The Balaban J connectivity index is 1.70. The molecule has 7 nitrogen and oxygen atoms in total. The highest BCUT2D eigenvalue weighted by Crippen LogP contribution is 2.18. The number of anilines is 2. The summed E-state index contributed by atoms with van der Waals surface area (Å²) in [5, 5.41) is 14.8. The number of aromatic nitrogens is 1. The van der Waals surface area contributed by atoms with Crippen LogP contribution in [0.25, 0.3) is 0 Å². The van der Waals surface area contributed by atoms with Crippen molar-refractivity contribution in [2.75, 3.05) is 16.8 Å². The van der Waals surface area contributed by atoms with Crippen LogP contribution in [0.2, 0.25) is 0 Å². The highest BCUT2D eigenvalue weighted by Gasteiger charge is 2.29. The van der Waals surface area contributed by atoms with Crippen LogP contribution >= 0.6 is 0 Å². The summed E-state index contributed by atoms with van der Waals surface area (Å²) in [5.74, 6) is -0.337. The van der Waals surface area contributed by atoms with Gasteiger partial charge in [-0.3, -0.25) is 9.78 Å². The average molecular weight is 356 g/mol. The van der Waals surface area contributed by atoms with Crippen molar-refractivity contribution >= 4 is 27.1 Å². The Hall–Kier alpha value is -2.92. The van der Waals surface area contributed by atoms with Crippen molar-refractivity contribution < 1.29 is 13.2 Å². The molecule has 0 bridgehead atoms. The second kappa shape index (κ2) is 6.91. The van der Waals surface area contributed by atoms with Crippen molar-refractivity contribution in [1.82, 2.24) is 10.3 Å². The summed E-state index contributed by atoms with van der Waals surface area (Å²) in [5.41, 5.74) is 2.10. The molecule has 0 spiro atoms. The van der Waals surface area contributed by atoms with Gasteiger partial charge in [-0.05, 0) is 36.8 Å². The molecule has 1 unspecified atom stereocenters. The second-order valence-electron chi connectivity index (χ2n) is 5.82. The van der Waals surface area contributed by atoms with E-state index in [0.717, 1.165) is 5.69 Å². The summed E-state index contributed by atoms with van der Waals surface area (Å²) in [6.45, 7) is 0. The van der Waals surface area contributed by atoms with Crippen LogP contribution in [0.15, 0.2) is 42.6 Å². The summed E-state index contributed by atoms with van der Waals surface area (Å²) in [7, 11) is -3.05. The molecule has 1 aromatic carbocycles. The summed E-state index contributed by atoms with van der Waals surface area (Å²) in [4.78, 5) is 16.3. The van der Waals surface area contributed by atoms with Crippen LogP contribution in [0, 0.1) is 11.3 Å². The van der Waals surface area contributed by atoms with E-state index in [1.165, 1.54) is 6.20 Å². The van der Waals surface area contributed by atoms with Crippen molar-refractivity contribution in [2.24, 2.45) is 0 Å². The normalized spacial score (nSPS) is 18.3. The number of carbonyl (C=O) groups excluding carboxylic acids is 1. The molecular formula is C17H16N4O3S.